The number of hydrogen-bond donors (Lipinski definition) is 0. The van der Waals surface area contributed by atoms with E-state index in [1.54, 1.807) is 25.1 Å². The zero-order valence-corrected chi connectivity index (χ0v) is 17.2. The molecule has 146 valence electrons. The Morgan fingerprint density at radius 1 is 1.14 bits per heavy atom. The summed E-state index contributed by atoms with van der Waals surface area (Å²) in [5.74, 6) is 0.773. The number of rotatable bonds is 4. The largest absolute Gasteiger partial charge is 0.337 e. The van der Waals surface area contributed by atoms with Crippen LogP contribution in [0, 0.1) is 13.8 Å². The Morgan fingerprint density at radius 2 is 1.89 bits per heavy atom. The number of aromatic nitrogens is 2. The number of benzene rings is 2. The van der Waals surface area contributed by atoms with Gasteiger partial charge >= 0.3 is 0 Å². The molecule has 1 aliphatic rings. The van der Waals surface area contributed by atoms with Gasteiger partial charge in [0.1, 0.15) is 6.04 Å². The van der Waals surface area contributed by atoms with E-state index in [2.05, 4.69) is 10.1 Å². The van der Waals surface area contributed by atoms with Crippen LogP contribution in [-0.2, 0) is 10.0 Å². The standard InChI is InChI=1S/C20H20ClN3O3S/c1-13-8-10-15(11-9-13)19-22-20(27-23-19)17-6-4-12-24(17)28(25,26)18-7-3-5-16(21)14(18)2/h3,5,7-11,17H,4,6,12H2,1-2H3/t17-/m1/s1. The maximum Gasteiger partial charge on any atom is 0.245 e. The molecule has 0 radical (unpaired) electrons. The third-order valence-electron chi connectivity index (χ3n) is 5.04. The van der Waals surface area contributed by atoms with Crippen LogP contribution in [0.4, 0.5) is 0 Å². The molecule has 0 unspecified atom stereocenters. The van der Waals surface area contributed by atoms with Crippen molar-refractivity contribution in [2.45, 2.75) is 37.6 Å². The summed E-state index contributed by atoms with van der Waals surface area (Å²) in [6.45, 7) is 4.12. The van der Waals surface area contributed by atoms with Gasteiger partial charge in [0.15, 0.2) is 0 Å². The predicted molar refractivity (Wildman–Crippen MR) is 107 cm³/mol. The highest BCUT2D eigenvalue weighted by molar-refractivity contribution is 7.89. The number of halogens is 1. The van der Waals surface area contributed by atoms with E-state index < -0.39 is 16.1 Å². The molecule has 28 heavy (non-hydrogen) atoms. The fourth-order valence-electron chi connectivity index (χ4n) is 3.46. The van der Waals surface area contributed by atoms with Crippen molar-refractivity contribution in [1.29, 1.82) is 0 Å². The molecule has 2 heterocycles. The van der Waals surface area contributed by atoms with Crippen LogP contribution < -0.4 is 0 Å². The Morgan fingerprint density at radius 3 is 2.64 bits per heavy atom. The van der Waals surface area contributed by atoms with Crippen LogP contribution in [0.3, 0.4) is 0 Å². The summed E-state index contributed by atoms with van der Waals surface area (Å²) in [5.41, 5.74) is 2.51. The van der Waals surface area contributed by atoms with Gasteiger partial charge in [-0.3, -0.25) is 0 Å². The van der Waals surface area contributed by atoms with E-state index in [1.165, 1.54) is 4.31 Å². The molecule has 0 bridgehead atoms. The topological polar surface area (TPSA) is 76.3 Å². The fraction of sp³-hybridized carbons (Fsp3) is 0.300. The SMILES string of the molecule is Cc1ccc(-c2noc([C@H]3CCCN3S(=O)(=O)c3cccc(Cl)c3C)n2)cc1. The molecule has 8 heteroatoms. The van der Waals surface area contributed by atoms with E-state index in [4.69, 9.17) is 16.1 Å². The molecule has 1 aliphatic heterocycles. The molecular formula is C20H20ClN3O3S. The van der Waals surface area contributed by atoms with Crippen molar-refractivity contribution in [3.8, 4) is 11.4 Å². The van der Waals surface area contributed by atoms with Gasteiger partial charge in [0.2, 0.25) is 21.7 Å². The van der Waals surface area contributed by atoms with E-state index in [0.717, 1.165) is 17.5 Å². The van der Waals surface area contributed by atoms with Gasteiger partial charge in [-0.25, -0.2) is 8.42 Å². The van der Waals surface area contributed by atoms with E-state index in [9.17, 15) is 8.42 Å². The first-order valence-electron chi connectivity index (χ1n) is 9.05. The normalized spacial score (nSPS) is 17.9. The highest BCUT2D eigenvalue weighted by atomic mass is 35.5. The van der Waals surface area contributed by atoms with Crippen LogP contribution in [0.15, 0.2) is 51.9 Å². The fourth-order valence-corrected chi connectivity index (χ4v) is 5.59. The van der Waals surface area contributed by atoms with E-state index in [-0.39, 0.29) is 4.90 Å². The Bertz CT molecular complexity index is 1110. The van der Waals surface area contributed by atoms with Crippen molar-refractivity contribution < 1.29 is 12.9 Å². The molecule has 1 aromatic heterocycles. The van der Waals surface area contributed by atoms with E-state index in [1.807, 2.05) is 31.2 Å². The summed E-state index contributed by atoms with van der Waals surface area (Å²) in [4.78, 5) is 4.69. The summed E-state index contributed by atoms with van der Waals surface area (Å²) in [5, 5.41) is 4.48. The molecule has 6 nitrogen and oxygen atoms in total. The van der Waals surface area contributed by atoms with Crippen molar-refractivity contribution in [2.75, 3.05) is 6.54 Å². The number of hydrogen-bond acceptors (Lipinski definition) is 5. The van der Waals surface area contributed by atoms with Crippen LogP contribution in [0.5, 0.6) is 0 Å². The number of nitrogens with zero attached hydrogens (tertiary/aromatic N) is 3. The summed E-state index contributed by atoms with van der Waals surface area (Å²) >= 11 is 6.14. The molecule has 0 amide bonds. The molecule has 1 atom stereocenters. The van der Waals surface area contributed by atoms with Crippen molar-refractivity contribution in [3.05, 3.63) is 64.5 Å². The lowest BCUT2D eigenvalue weighted by Gasteiger charge is -2.22. The number of sulfonamides is 1. The van der Waals surface area contributed by atoms with Crippen LogP contribution in [0.1, 0.15) is 35.9 Å². The average Bonchev–Trinajstić information content (AvgIpc) is 3.33. The van der Waals surface area contributed by atoms with Gasteiger partial charge in [0, 0.05) is 17.1 Å². The minimum atomic E-state index is -3.73. The first-order valence-corrected chi connectivity index (χ1v) is 10.9. The van der Waals surface area contributed by atoms with Gasteiger partial charge in [-0.2, -0.15) is 9.29 Å². The van der Waals surface area contributed by atoms with Crippen LogP contribution in [0.2, 0.25) is 5.02 Å². The molecular weight excluding hydrogens is 398 g/mol. The van der Waals surface area contributed by atoms with E-state index >= 15 is 0 Å². The monoisotopic (exact) mass is 417 g/mol. The van der Waals surface area contributed by atoms with Gasteiger partial charge in [-0.15, -0.1) is 0 Å². The van der Waals surface area contributed by atoms with Gasteiger partial charge in [0.05, 0.1) is 4.90 Å². The zero-order chi connectivity index (χ0) is 19.9. The molecule has 0 saturated carbocycles. The lowest BCUT2D eigenvalue weighted by Crippen LogP contribution is -2.31. The lowest BCUT2D eigenvalue weighted by atomic mass is 10.1. The highest BCUT2D eigenvalue weighted by Crippen LogP contribution is 2.38. The summed E-state index contributed by atoms with van der Waals surface area (Å²) < 4.78 is 33.5. The molecule has 3 aromatic rings. The first-order chi connectivity index (χ1) is 13.4. The summed E-state index contributed by atoms with van der Waals surface area (Å²) in [7, 11) is -3.73. The smallest absolute Gasteiger partial charge is 0.245 e. The van der Waals surface area contributed by atoms with Gasteiger partial charge in [0.25, 0.3) is 0 Å². The second-order valence-electron chi connectivity index (χ2n) is 6.96. The van der Waals surface area contributed by atoms with Crippen LogP contribution in [0.25, 0.3) is 11.4 Å². The Kier molecular flexibility index (Phi) is 4.99. The predicted octanol–water partition coefficient (Wildman–Crippen LogP) is 4.53. The molecule has 0 spiro atoms. The maximum atomic E-state index is 13.3. The van der Waals surface area contributed by atoms with Gasteiger partial charge in [-0.05, 0) is 44.4 Å². The van der Waals surface area contributed by atoms with Crippen LogP contribution >= 0.6 is 11.6 Å². The molecule has 4 rings (SSSR count). The molecule has 0 aliphatic carbocycles. The quantitative estimate of drug-likeness (QED) is 0.623. The van der Waals surface area contributed by atoms with Crippen LogP contribution in [-0.4, -0.2) is 29.4 Å². The molecule has 0 N–H and O–H groups in total. The molecule has 1 saturated heterocycles. The number of aryl methyl sites for hydroxylation is 1. The molecule has 1 fully saturated rings. The third-order valence-corrected chi connectivity index (χ3v) is 7.51. The van der Waals surface area contributed by atoms with Crippen molar-refractivity contribution >= 4 is 21.6 Å². The first kappa shape index (κ1) is 19.1. The third kappa shape index (κ3) is 3.34. The highest BCUT2D eigenvalue weighted by Gasteiger charge is 2.40. The minimum Gasteiger partial charge on any atom is -0.337 e. The Hall–Kier alpha value is -2.22. The van der Waals surface area contributed by atoms with Crippen molar-refractivity contribution in [1.82, 2.24) is 14.4 Å². The maximum absolute atomic E-state index is 13.3. The second kappa shape index (κ2) is 7.31. The lowest BCUT2D eigenvalue weighted by molar-refractivity contribution is 0.290. The second-order valence-corrected chi connectivity index (χ2v) is 9.23. The Labute approximate surface area is 169 Å². The minimum absolute atomic E-state index is 0.213. The molecule has 2 aromatic carbocycles. The van der Waals surface area contributed by atoms with Crippen molar-refractivity contribution in [2.24, 2.45) is 0 Å². The van der Waals surface area contributed by atoms with Gasteiger partial charge in [-0.1, -0.05) is 52.7 Å². The average molecular weight is 418 g/mol. The van der Waals surface area contributed by atoms with E-state index in [0.29, 0.717) is 35.3 Å². The van der Waals surface area contributed by atoms with Gasteiger partial charge < -0.3 is 4.52 Å². The summed E-state index contributed by atoms with van der Waals surface area (Å²) in [6.07, 6.45) is 1.36. The summed E-state index contributed by atoms with van der Waals surface area (Å²) in [6, 6.07) is 12.2. The zero-order valence-electron chi connectivity index (χ0n) is 15.6. The van der Waals surface area contributed by atoms with Crippen molar-refractivity contribution in [3.63, 3.8) is 0 Å². The Balaban J connectivity index is 1.67.